The van der Waals surface area contributed by atoms with E-state index in [2.05, 4.69) is 15.6 Å². The van der Waals surface area contributed by atoms with Gasteiger partial charge in [0.25, 0.3) is 5.91 Å². The normalized spacial score (nSPS) is 15.1. The number of nitrogens with zero attached hydrogens (tertiary/aromatic N) is 2. The van der Waals surface area contributed by atoms with E-state index >= 15 is 0 Å². The molecule has 1 amide bonds. The molecule has 0 unspecified atom stereocenters. The second kappa shape index (κ2) is 8.15. The maximum atomic E-state index is 12.7. The van der Waals surface area contributed by atoms with E-state index in [9.17, 15) is 13.2 Å². The maximum absolute atomic E-state index is 12.7. The van der Waals surface area contributed by atoms with Crippen LogP contribution in [0.25, 0.3) is 0 Å². The number of carbonyl (C=O) groups excluding carboxylic acids is 1. The molecular weight excluding hydrogens is 372 g/mol. The van der Waals surface area contributed by atoms with Crippen molar-refractivity contribution in [2.45, 2.75) is 24.7 Å². The first-order chi connectivity index (χ1) is 12.5. The van der Waals surface area contributed by atoms with Crippen molar-refractivity contribution in [3.63, 3.8) is 0 Å². The van der Waals surface area contributed by atoms with Crippen LogP contribution in [0.3, 0.4) is 0 Å². The lowest BCUT2D eigenvalue weighted by atomic mass is 10.2. The maximum Gasteiger partial charge on any atom is 0.262 e. The van der Waals surface area contributed by atoms with Crippen LogP contribution in [-0.2, 0) is 10.0 Å². The van der Waals surface area contributed by atoms with Crippen LogP contribution in [0.4, 0.5) is 5.69 Å². The van der Waals surface area contributed by atoms with Crippen molar-refractivity contribution in [3.05, 3.63) is 40.3 Å². The van der Waals surface area contributed by atoms with Crippen LogP contribution < -0.4 is 10.6 Å². The van der Waals surface area contributed by atoms with Gasteiger partial charge in [-0.05, 0) is 42.8 Å². The molecule has 9 heteroatoms. The fraction of sp³-hybridized carbons (Fsp3) is 0.412. The lowest BCUT2D eigenvalue weighted by molar-refractivity contribution is 0.0956. The molecule has 0 aromatic carbocycles. The van der Waals surface area contributed by atoms with Crippen molar-refractivity contribution in [1.82, 2.24) is 14.6 Å². The van der Waals surface area contributed by atoms with Gasteiger partial charge in [-0.3, -0.25) is 9.78 Å². The summed E-state index contributed by atoms with van der Waals surface area (Å²) in [5.41, 5.74) is 1.98. The van der Waals surface area contributed by atoms with Gasteiger partial charge in [0.2, 0.25) is 10.0 Å². The topological polar surface area (TPSA) is 91.4 Å². The molecule has 26 heavy (non-hydrogen) atoms. The van der Waals surface area contributed by atoms with E-state index < -0.39 is 10.0 Å². The third-order valence-corrected chi connectivity index (χ3v) is 7.25. The molecule has 0 bridgehead atoms. The molecule has 0 saturated carbocycles. The van der Waals surface area contributed by atoms with Crippen molar-refractivity contribution in [2.75, 3.05) is 31.5 Å². The molecule has 3 heterocycles. The number of anilines is 1. The molecule has 1 fully saturated rings. The fourth-order valence-electron chi connectivity index (χ4n) is 2.86. The summed E-state index contributed by atoms with van der Waals surface area (Å²) in [7, 11) is -3.59. The second-order valence-corrected chi connectivity index (χ2v) is 8.92. The zero-order chi connectivity index (χ0) is 18.6. The highest BCUT2D eigenvalue weighted by Crippen LogP contribution is 2.27. The van der Waals surface area contributed by atoms with Crippen molar-refractivity contribution < 1.29 is 13.2 Å². The van der Waals surface area contributed by atoms with Gasteiger partial charge in [0.15, 0.2) is 0 Å². The Kier molecular flexibility index (Phi) is 5.90. The highest BCUT2D eigenvalue weighted by atomic mass is 32.2. The molecule has 140 valence electrons. The summed E-state index contributed by atoms with van der Waals surface area (Å²) in [6.45, 7) is 3.93. The molecule has 0 aliphatic carbocycles. The van der Waals surface area contributed by atoms with E-state index in [0.29, 0.717) is 26.2 Å². The van der Waals surface area contributed by atoms with Gasteiger partial charge in [-0.2, -0.15) is 4.31 Å². The fourth-order valence-corrected chi connectivity index (χ4v) is 5.69. The van der Waals surface area contributed by atoms with Gasteiger partial charge in [0.05, 0.1) is 0 Å². The van der Waals surface area contributed by atoms with Crippen molar-refractivity contribution in [1.29, 1.82) is 0 Å². The number of thiophene rings is 1. The number of amides is 1. The van der Waals surface area contributed by atoms with E-state index in [0.717, 1.165) is 35.4 Å². The van der Waals surface area contributed by atoms with Gasteiger partial charge in [-0.25, -0.2) is 8.42 Å². The molecule has 1 aliphatic rings. The third-order valence-electron chi connectivity index (χ3n) is 4.26. The number of carbonyl (C=O) groups is 1. The Bertz CT molecular complexity index is 874. The molecule has 0 atom stereocenters. The summed E-state index contributed by atoms with van der Waals surface area (Å²) in [6, 6.07) is 3.39. The quantitative estimate of drug-likeness (QED) is 0.702. The van der Waals surface area contributed by atoms with E-state index in [4.69, 9.17) is 0 Å². The molecule has 3 rings (SSSR count). The predicted molar refractivity (Wildman–Crippen MR) is 102 cm³/mol. The van der Waals surface area contributed by atoms with Crippen LogP contribution in [-0.4, -0.2) is 49.8 Å². The number of aromatic nitrogens is 1. The van der Waals surface area contributed by atoms with E-state index in [1.165, 1.54) is 10.4 Å². The molecule has 0 radical (unpaired) electrons. The Morgan fingerprint density at radius 3 is 2.77 bits per heavy atom. The largest absolute Gasteiger partial charge is 0.383 e. The van der Waals surface area contributed by atoms with Crippen molar-refractivity contribution >= 4 is 33.0 Å². The number of hydrogen-bond donors (Lipinski definition) is 2. The first-order valence-electron chi connectivity index (χ1n) is 8.50. The van der Waals surface area contributed by atoms with Crippen LogP contribution in [0.15, 0.2) is 34.8 Å². The highest BCUT2D eigenvalue weighted by molar-refractivity contribution is 7.89. The number of pyridine rings is 1. The minimum Gasteiger partial charge on any atom is -0.383 e. The van der Waals surface area contributed by atoms with Crippen molar-refractivity contribution in [2.24, 2.45) is 0 Å². The standard InChI is InChI=1S/C17H22N4O3S2/c1-13-12-18-6-4-14(13)19-7-8-20-17(22)16-15(5-11-25-16)26(23,24)21-9-2-3-10-21/h4-6,11-12H,2-3,7-10H2,1H3,(H,18,19)(H,20,22). The summed E-state index contributed by atoms with van der Waals surface area (Å²) >= 11 is 1.15. The van der Waals surface area contributed by atoms with Gasteiger partial charge in [0.1, 0.15) is 9.77 Å². The van der Waals surface area contributed by atoms with Crippen LogP contribution in [0, 0.1) is 6.92 Å². The SMILES string of the molecule is Cc1cnccc1NCCNC(=O)c1sccc1S(=O)(=O)N1CCCC1. The molecular formula is C17H22N4O3S2. The zero-order valence-corrected chi connectivity index (χ0v) is 16.2. The smallest absolute Gasteiger partial charge is 0.262 e. The minimum atomic E-state index is -3.59. The van der Waals surface area contributed by atoms with Crippen LogP contribution in [0.5, 0.6) is 0 Å². The van der Waals surface area contributed by atoms with Crippen LogP contribution in [0.2, 0.25) is 0 Å². The lowest BCUT2D eigenvalue weighted by Crippen LogP contribution is -2.32. The van der Waals surface area contributed by atoms with Crippen LogP contribution >= 0.6 is 11.3 Å². The van der Waals surface area contributed by atoms with Gasteiger partial charge < -0.3 is 10.6 Å². The van der Waals surface area contributed by atoms with Gasteiger partial charge in [-0.15, -0.1) is 11.3 Å². The minimum absolute atomic E-state index is 0.111. The van der Waals surface area contributed by atoms with Gasteiger partial charge >= 0.3 is 0 Å². The Balaban J connectivity index is 1.59. The second-order valence-electron chi connectivity index (χ2n) is 6.10. The van der Waals surface area contributed by atoms with E-state index in [1.54, 1.807) is 17.8 Å². The average molecular weight is 395 g/mol. The third kappa shape index (κ3) is 4.05. The number of nitrogens with one attached hydrogen (secondary N) is 2. The van der Waals surface area contributed by atoms with Gasteiger partial charge in [-0.1, -0.05) is 0 Å². The van der Waals surface area contributed by atoms with E-state index in [1.807, 2.05) is 13.0 Å². The summed E-state index contributed by atoms with van der Waals surface area (Å²) in [5.74, 6) is -0.356. The number of aryl methyl sites for hydroxylation is 1. The summed E-state index contributed by atoms with van der Waals surface area (Å²) in [6.07, 6.45) is 5.20. The highest BCUT2D eigenvalue weighted by Gasteiger charge is 2.31. The Hall–Kier alpha value is -1.97. The first kappa shape index (κ1) is 18.8. The Labute approximate surface area is 157 Å². The molecule has 1 aliphatic heterocycles. The summed E-state index contributed by atoms with van der Waals surface area (Å²) in [5, 5.41) is 7.66. The molecule has 0 spiro atoms. The number of sulfonamides is 1. The zero-order valence-electron chi connectivity index (χ0n) is 14.6. The molecule has 2 aromatic rings. The monoisotopic (exact) mass is 394 g/mol. The Morgan fingerprint density at radius 1 is 1.27 bits per heavy atom. The number of hydrogen-bond acceptors (Lipinski definition) is 6. The molecule has 7 nitrogen and oxygen atoms in total. The molecule has 1 saturated heterocycles. The summed E-state index contributed by atoms with van der Waals surface area (Å²) in [4.78, 5) is 16.8. The predicted octanol–water partition coefficient (Wildman–Crippen LogP) is 2.08. The van der Waals surface area contributed by atoms with E-state index in [-0.39, 0.29) is 15.7 Å². The number of rotatable bonds is 7. The Morgan fingerprint density at radius 2 is 2.04 bits per heavy atom. The summed E-state index contributed by atoms with van der Waals surface area (Å²) < 4.78 is 26.9. The molecule has 2 N–H and O–H groups in total. The average Bonchev–Trinajstić information content (AvgIpc) is 3.31. The molecule has 2 aromatic heterocycles. The van der Waals surface area contributed by atoms with Crippen LogP contribution in [0.1, 0.15) is 28.1 Å². The van der Waals surface area contributed by atoms with Gasteiger partial charge in [0, 0.05) is 44.3 Å². The van der Waals surface area contributed by atoms with Crippen molar-refractivity contribution in [3.8, 4) is 0 Å². The first-order valence-corrected chi connectivity index (χ1v) is 10.8. The lowest BCUT2D eigenvalue weighted by Gasteiger charge is -2.15.